The molecule has 1 aromatic carbocycles. The van der Waals surface area contributed by atoms with E-state index in [-0.39, 0.29) is 11.4 Å². The van der Waals surface area contributed by atoms with Gasteiger partial charge in [-0.3, -0.25) is 4.79 Å². The summed E-state index contributed by atoms with van der Waals surface area (Å²) < 4.78 is 0. The van der Waals surface area contributed by atoms with E-state index in [9.17, 15) is 4.79 Å². The number of anilines is 1. The molecule has 0 unspecified atom stereocenters. The summed E-state index contributed by atoms with van der Waals surface area (Å²) in [6, 6.07) is 8.12. The fourth-order valence-electron chi connectivity index (χ4n) is 2.09. The molecule has 0 saturated heterocycles. The van der Waals surface area contributed by atoms with Gasteiger partial charge in [0.25, 0.3) is 0 Å². The number of carbonyl (C=O) groups is 1. The Labute approximate surface area is 128 Å². The minimum atomic E-state index is -0.154. The Bertz CT molecular complexity index is 440. The maximum Gasteiger partial charge on any atom is 0.239 e. The molecule has 0 aliphatic heterocycles. The predicted octanol–water partition coefficient (Wildman–Crippen LogP) is 2.67. The summed E-state index contributed by atoms with van der Waals surface area (Å²) in [4.78, 5) is 14.3. The molecule has 0 radical (unpaired) electrons. The first-order valence-electron chi connectivity index (χ1n) is 7.76. The van der Waals surface area contributed by atoms with E-state index in [2.05, 4.69) is 24.1 Å². The molecule has 1 amide bonds. The third kappa shape index (κ3) is 5.76. The molecule has 0 atom stereocenters. The highest BCUT2D eigenvalue weighted by Gasteiger charge is 2.19. The van der Waals surface area contributed by atoms with Gasteiger partial charge in [-0.1, -0.05) is 26.0 Å². The van der Waals surface area contributed by atoms with Crippen LogP contribution in [0.15, 0.2) is 24.3 Å². The summed E-state index contributed by atoms with van der Waals surface area (Å²) >= 11 is 0. The van der Waals surface area contributed by atoms with Crippen molar-refractivity contribution in [3.8, 4) is 0 Å². The van der Waals surface area contributed by atoms with E-state index in [1.54, 1.807) is 0 Å². The van der Waals surface area contributed by atoms with Crippen LogP contribution >= 0.6 is 0 Å². The number of nitrogens with one attached hydrogen (secondary N) is 1. The number of nitrogens with two attached hydrogens (primary N) is 1. The average Bonchev–Trinajstić information content (AvgIpc) is 2.46. The Morgan fingerprint density at radius 2 is 1.86 bits per heavy atom. The fraction of sp³-hybridized carbons (Fsp3) is 0.588. The van der Waals surface area contributed by atoms with Crippen LogP contribution in [-0.2, 0) is 11.3 Å². The highest BCUT2D eigenvalue weighted by atomic mass is 16.2. The maximum atomic E-state index is 12.2. The molecule has 4 nitrogen and oxygen atoms in total. The Morgan fingerprint density at radius 3 is 2.33 bits per heavy atom. The number of benzene rings is 1. The van der Waals surface area contributed by atoms with Gasteiger partial charge in [0, 0.05) is 24.3 Å². The number of hydrogen-bond acceptors (Lipinski definition) is 3. The molecule has 0 spiro atoms. The third-order valence-electron chi connectivity index (χ3n) is 3.73. The summed E-state index contributed by atoms with van der Waals surface area (Å²) in [5, 5.41) is 3.09. The van der Waals surface area contributed by atoms with Gasteiger partial charge in [-0.25, -0.2) is 0 Å². The van der Waals surface area contributed by atoms with E-state index in [4.69, 9.17) is 5.73 Å². The van der Waals surface area contributed by atoms with Crippen LogP contribution in [0.5, 0.6) is 0 Å². The lowest BCUT2D eigenvalue weighted by atomic mass is 10.0. The zero-order valence-corrected chi connectivity index (χ0v) is 13.8. The van der Waals surface area contributed by atoms with Gasteiger partial charge < -0.3 is 16.0 Å². The summed E-state index contributed by atoms with van der Waals surface area (Å²) in [6.07, 6.45) is 1.92. The summed E-state index contributed by atoms with van der Waals surface area (Å²) in [6.45, 7) is 10.1. The van der Waals surface area contributed by atoms with E-state index in [0.29, 0.717) is 13.1 Å². The summed E-state index contributed by atoms with van der Waals surface area (Å²) in [7, 11) is 0. The molecule has 0 saturated carbocycles. The van der Waals surface area contributed by atoms with E-state index in [1.807, 2.05) is 38.1 Å². The topological polar surface area (TPSA) is 58.4 Å². The van der Waals surface area contributed by atoms with Crippen LogP contribution in [0.25, 0.3) is 0 Å². The van der Waals surface area contributed by atoms with Gasteiger partial charge in [0.1, 0.15) is 0 Å². The number of amides is 1. The molecule has 0 aliphatic carbocycles. The highest BCUT2D eigenvalue weighted by molar-refractivity contribution is 5.82. The van der Waals surface area contributed by atoms with Crippen molar-refractivity contribution in [3.05, 3.63) is 29.8 Å². The molecule has 0 fully saturated rings. The van der Waals surface area contributed by atoms with Crippen LogP contribution in [-0.4, -0.2) is 24.5 Å². The number of hydrogen-bond donors (Lipinski definition) is 2. The molecule has 21 heavy (non-hydrogen) atoms. The van der Waals surface area contributed by atoms with Gasteiger partial charge in [0.15, 0.2) is 0 Å². The molecule has 0 heterocycles. The van der Waals surface area contributed by atoms with Crippen molar-refractivity contribution >= 4 is 11.6 Å². The molecule has 3 N–H and O–H groups in total. The second-order valence-corrected chi connectivity index (χ2v) is 6.08. The summed E-state index contributed by atoms with van der Waals surface area (Å²) in [5.74, 6) is 0.0678. The van der Waals surface area contributed by atoms with Gasteiger partial charge in [-0.2, -0.15) is 0 Å². The molecule has 0 bridgehead atoms. The SMILES string of the molecule is CCCN(CC(=O)NC(C)(C)CC)c1ccc(CN)cc1. The molecule has 0 aliphatic rings. The van der Waals surface area contributed by atoms with Crippen LogP contribution in [0, 0.1) is 0 Å². The van der Waals surface area contributed by atoms with Gasteiger partial charge in [-0.15, -0.1) is 0 Å². The second-order valence-electron chi connectivity index (χ2n) is 6.08. The smallest absolute Gasteiger partial charge is 0.239 e. The van der Waals surface area contributed by atoms with Crippen molar-refractivity contribution in [1.82, 2.24) is 5.32 Å². The summed E-state index contributed by atoms with van der Waals surface area (Å²) in [5.41, 5.74) is 7.64. The lowest BCUT2D eigenvalue weighted by Crippen LogP contribution is -2.47. The molecule has 0 aromatic heterocycles. The first-order valence-corrected chi connectivity index (χ1v) is 7.76. The van der Waals surface area contributed by atoms with Crippen LogP contribution in [0.1, 0.15) is 46.1 Å². The van der Waals surface area contributed by atoms with Crippen molar-refractivity contribution in [3.63, 3.8) is 0 Å². The standard InChI is InChI=1S/C17H29N3O/c1-5-11-20(13-16(21)19-17(3,4)6-2)15-9-7-14(12-18)8-10-15/h7-10H,5-6,11-13,18H2,1-4H3,(H,19,21). The molecule has 4 heteroatoms. The fourth-order valence-corrected chi connectivity index (χ4v) is 2.09. The maximum absolute atomic E-state index is 12.2. The predicted molar refractivity (Wildman–Crippen MR) is 89.4 cm³/mol. The lowest BCUT2D eigenvalue weighted by Gasteiger charge is -2.28. The van der Waals surface area contributed by atoms with E-state index >= 15 is 0 Å². The van der Waals surface area contributed by atoms with Crippen LogP contribution in [0.4, 0.5) is 5.69 Å². The third-order valence-corrected chi connectivity index (χ3v) is 3.73. The van der Waals surface area contributed by atoms with Crippen molar-refractivity contribution in [2.75, 3.05) is 18.0 Å². The van der Waals surface area contributed by atoms with Crippen LogP contribution in [0.3, 0.4) is 0 Å². The van der Waals surface area contributed by atoms with Crippen molar-refractivity contribution in [2.24, 2.45) is 5.73 Å². The Morgan fingerprint density at radius 1 is 1.24 bits per heavy atom. The highest BCUT2D eigenvalue weighted by Crippen LogP contribution is 2.16. The number of rotatable bonds is 8. The van der Waals surface area contributed by atoms with Gasteiger partial charge in [0.2, 0.25) is 5.91 Å². The first kappa shape index (κ1) is 17.5. The van der Waals surface area contributed by atoms with E-state index in [0.717, 1.165) is 30.6 Å². The second kappa shape index (κ2) is 8.03. The minimum absolute atomic E-state index is 0.0678. The molecule has 1 aromatic rings. The van der Waals surface area contributed by atoms with Crippen molar-refractivity contribution < 1.29 is 4.79 Å². The van der Waals surface area contributed by atoms with Crippen molar-refractivity contribution in [2.45, 2.75) is 52.6 Å². The van der Waals surface area contributed by atoms with Crippen LogP contribution in [0.2, 0.25) is 0 Å². The molecular weight excluding hydrogens is 262 g/mol. The average molecular weight is 291 g/mol. The number of nitrogens with zero attached hydrogens (tertiary/aromatic N) is 1. The Hall–Kier alpha value is -1.55. The monoisotopic (exact) mass is 291 g/mol. The van der Waals surface area contributed by atoms with Gasteiger partial charge in [-0.05, 0) is 44.4 Å². The quantitative estimate of drug-likeness (QED) is 0.774. The van der Waals surface area contributed by atoms with E-state index < -0.39 is 0 Å². The van der Waals surface area contributed by atoms with Gasteiger partial charge in [0.05, 0.1) is 6.54 Å². The minimum Gasteiger partial charge on any atom is -0.362 e. The Balaban J connectivity index is 2.74. The first-order chi connectivity index (χ1) is 9.91. The zero-order chi connectivity index (χ0) is 15.9. The van der Waals surface area contributed by atoms with Crippen LogP contribution < -0.4 is 16.0 Å². The Kier molecular flexibility index (Phi) is 6.69. The van der Waals surface area contributed by atoms with Gasteiger partial charge >= 0.3 is 0 Å². The molecule has 118 valence electrons. The molecule has 1 rings (SSSR count). The zero-order valence-electron chi connectivity index (χ0n) is 13.8. The molecular formula is C17H29N3O. The van der Waals surface area contributed by atoms with Crippen molar-refractivity contribution in [1.29, 1.82) is 0 Å². The number of carbonyl (C=O) groups excluding carboxylic acids is 1. The lowest BCUT2D eigenvalue weighted by molar-refractivity contribution is -0.121. The van der Waals surface area contributed by atoms with E-state index in [1.165, 1.54) is 0 Å². The normalized spacial score (nSPS) is 11.3. The largest absolute Gasteiger partial charge is 0.362 e.